The van der Waals surface area contributed by atoms with Gasteiger partial charge in [0.25, 0.3) is 0 Å². The summed E-state index contributed by atoms with van der Waals surface area (Å²) in [6.45, 7) is 18.7. The van der Waals surface area contributed by atoms with Gasteiger partial charge in [0.15, 0.2) is 0 Å². The van der Waals surface area contributed by atoms with Crippen LogP contribution in [0, 0.1) is 17.8 Å². The van der Waals surface area contributed by atoms with Crippen molar-refractivity contribution in [1.82, 2.24) is 5.32 Å². The second-order valence-corrected chi connectivity index (χ2v) is 6.64. The predicted molar refractivity (Wildman–Crippen MR) is 79.4 cm³/mol. The zero-order valence-electron chi connectivity index (χ0n) is 13.4. The van der Waals surface area contributed by atoms with Gasteiger partial charge in [-0.05, 0) is 37.0 Å². The van der Waals surface area contributed by atoms with Crippen molar-refractivity contribution in [3.63, 3.8) is 0 Å². The van der Waals surface area contributed by atoms with E-state index in [4.69, 9.17) is 0 Å². The minimum Gasteiger partial charge on any atom is -0.309 e. The molecular formula is C16H35N. The van der Waals surface area contributed by atoms with E-state index in [1.807, 2.05) is 0 Å². The highest BCUT2D eigenvalue weighted by atomic mass is 15.0. The molecule has 0 spiro atoms. The van der Waals surface area contributed by atoms with Gasteiger partial charge >= 0.3 is 0 Å². The molecule has 0 saturated heterocycles. The SMILES string of the molecule is CCC(CC)(CC(C(C)C)C(C)C)NC(C)C. The lowest BCUT2D eigenvalue weighted by Gasteiger charge is -2.40. The summed E-state index contributed by atoms with van der Waals surface area (Å²) < 4.78 is 0. The first-order valence-electron chi connectivity index (χ1n) is 7.55. The molecule has 0 aliphatic carbocycles. The minimum absolute atomic E-state index is 0.341. The molecule has 0 radical (unpaired) electrons. The molecule has 0 amide bonds. The van der Waals surface area contributed by atoms with Crippen LogP contribution in [-0.4, -0.2) is 11.6 Å². The Labute approximate surface area is 110 Å². The highest BCUT2D eigenvalue weighted by Gasteiger charge is 2.32. The fourth-order valence-electron chi connectivity index (χ4n) is 3.11. The number of hydrogen-bond acceptors (Lipinski definition) is 1. The maximum Gasteiger partial charge on any atom is 0.0181 e. The molecule has 0 aromatic carbocycles. The average molecular weight is 241 g/mol. The van der Waals surface area contributed by atoms with Crippen molar-refractivity contribution in [1.29, 1.82) is 0 Å². The molecule has 0 rings (SSSR count). The van der Waals surface area contributed by atoms with Gasteiger partial charge in [-0.3, -0.25) is 0 Å². The number of hydrogen-bond donors (Lipinski definition) is 1. The Bertz CT molecular complexity index is 182. The van der Waals surface area contributed by atoms with Crippen LogP contribution in [0.4, 0.5) is 0 Å². The Morgan fingerprint density at radius 1 is 0.824 bits per heavy atom. The van der Waals surface area contributed by atoms with E-state index in [0.717, 1.165) is 17.8 Å². The fourth-order valence-corrected chi connectivity index (χ4v) is 3.11. The molecule has 0 unspecified atom stereocenters. The van der Waals surface area contributed by atoms with Crippen LogP contribution in [-0.2, 0) is 0 Å². The van der Waals surface area contributed by atoms with Crippen LogP contribution in [0.15, 0.2) is 0 Å². The maximum atomic E-state index is 3.83. The highest BCUT2D eigenvalue weighted by molar-refractivity contribution is 4.90. The Balaban J connectivity index is 4.82. The summed E-state index contributed by atoms with van der Waals surface area (Å²) >= 11 is 0. The molecule has 0 fully saturated rings. The normalized spacial score (nSPS) is 13.4. The van der Waals surface area contributed by atoms with Crippen LogP contribution in [0.5, 0.6) is 0 Å². The van der Waals surface area contributed by atoms with E-state index in [9.17, 15) is 0 Å². The standard InChI is InChI=1S/C16H35N/c1-9-16(10-2,17-14(7)8)11-15(12(3)4)13(5)6/h12-15,17H,9-11H2,1-8H3. The quantitative estimate of drug-likeness (QED) is 0.640. The summed E-state index contributed by atoms with van der Waals surface area (Å²) in [5.41, 5.74) is 0.341. The van der Waals surface area contributed by atoms with Crippen molar-refractivity contribution in [2.75, 3.05) is 0 Å². The lowest BCUT2D eigenvalue weighted by atomic mass is 9.73. The molecule has 0 bridgehead atoms. The van der Waals surface area contributed by atoms with Crippen LogP contribution in [0.1, 0.15) is 74.7 Å². The van der Waals surface area contributed by atoms with Gasteiger partial charge in [0, 0.05) is 11.6 Å². The Kier molecular flexibility index (Phi) is 7.39. The van der Waals surface area contributed by atoms with Gasteiger partial charge in [-0.15, -0.1) is 0 Å². The highest BCUT2D eigenvalue weighted by Crippen LogP contribution is 2.33. The molecule has 0 aliphatic heterocycles. The van der Waals surface area contributed by atoms with Crippen LogP contribution in [0.3, 0.4) is 0 Å². The van der Waals surface area contributed by atoms with Gasteiger partial charge < -0.3 is 5.32 Å². The summed E-state index contributed by atoms with van der Waals surface area (Å²) in [4.78, 5) is 0. The van der Waals surface area contributed by atoms with E-state index in [0.29, 0.717) is 11.6 Å². The molecule has 1 N–H and O–H groups in total. The van der Waals surface area contributed by atoms with Gasteiger partial charge in [0.1, 0.15) is 0 Å². The van der Waals surface area contributed by atoms with Gasteiger partial charge in [-0.25, -0.2) is 0 Å². The summed E-state index contributed by atoms with van der Waals surface area (Å²) in [6.07, 6.45) is 3.78. The van der Waals surface area contributed by atoms with Crippen LogP contribution in [0.25, 0.3) is 0 Å². The topological polar surface area (TPSA) is 12.0 Å². The third-order valence-electron chi connectivity index (χ3n) is 4.29. The monoisotopic (exact) mass is 241 g/mol. The Hall–Kier alpha value is -0.0400. The second kappa shape index (κ2) is 7.41. The number of nitrogens with one attached hydrogen (secondary N) is 1. The molecule has 0 aliphatic rings. The third kappa shape index (κ3) is 5.42. The molecular weight excluding hydrogens is 206 g/mol. The average Bonchev–Trinajstić information content (AvgIpc) is 2.22. The first kappa shape index (κ1) is 17.0. The van der Waals surface area contributed by atoms with Gasteiger partial charge in [0.05, 0.1) is 0 Å². The van der Waals surface area contributed by atoms with Gasteiger partial charge in [-0.1, -0.05) is 55.4 Å². The van der Waals surface area contributed by atoms with Gasteiger partial charge in [-0.2, -0.15) is 0 Å². The molecule has 17 heavy (non-hydrogen) atoms. The molecule has 1 nitrogen and oxygen atoms in total. The predicted octanol–water partition coefficient (Wildman–Crippen LogP) is 4.86. The first-order chi connectivity index (χ1) is 7.78. The summed E-state index contributed by atoms with van der Waals surface area (Å²) in [6, 6.07) is 0.579. The van der Waals surface area contributed by atoms with Crippen molar-refractivity contribution in [3.8, 4) is 0 Å². The third-order valence-corrected chi connectivity index (χ3v) is 4.29. The molecule has 0 aromatic heterocycles. The lowest BCUT2D eigenvalue weighted by molar-refractivity contribution is 0.158. The molecule has 104 valence electrons. The Morgan fingerprint density at radius 3 is 1.47 bits per heavy atom. The van der Waals surface area contributed by atoms with Crippen molar-refractivity contribution >= 4 is 0 Å². The van der Waals surface area contributed by atoms with Crippen molar-refractivity contribution in [2.24, 2.45) is 17.8 Å². The van der Waals surface area contributed by atoms with Crippen molar-refractivity contribution < 1.29 is 0 Å². The Morgan fingerprint density at radius 2 is 1.24 bits per heavy atom. The number of rotatable bonds is 8. The zero-order valence-corrected chi connectivity index (χ0v) is 13.4. The van der Waals surface area contributed by atoms with Crippen LogP contribution < -0.4 is 5.32 Å². The summed E-state index contributed by atoms with van der Waals surface area (Å²) in [5.74, 6) is 2.38. The van der Waals surface area contributed by atoms with Crippen LogP contribution in [0.2, 0.25) is 0 Å². The lowest BCUT2D eigenvalue weighted by Crippen LogP contribution is -2.50. The van der Waals surface area contributed by atoms with Crippen LogP contribution >= 0.6 is 0 Å². The van der Waals surface area contributed by atoms with E-state index < -0.39 is 0 Å². The van der Waals surface area contributed by atoms with E-state index in [-0.39, 0.29) is 0 Å². The van der Waals surface area contributed by atoms with E-state index in [1.165, 1.54) is 19.3 Å². The van der Waals surface area contributed by atoms with Crippen molar-refractivity contribution in [2.45, 2.75) is 86.2 Å². The van der Waals surface area contributed by atoms with Gasteiger partial charge in [0.2, 0.25) is 0 Å². The zero-order chi connectivity index (χ0) is 13.6. The van der Waals surface area contributed by atoms with E-state index >= 15 is 0 Å². The second-order valence-electron chi connectivity index (χ2n) is 6.64. The van der Waals surface area contributed by atoms with E-state index in [1.54, 1.807) is 0 Å². The minimum atomic E-state index is 0.341. The first-order valence-corrected chi connectivity index (χ1v) is 7.55. The van der Waals surface area contributed by atoms with E-state index in [2.05, 4.69) is 60.7 Å². The molecule has 0 saturated carbocycles. The molecule has 0 heterocycles. The maximum absolute atomic E-state index is 3.83. The fraction of sp³-hybridized carbons (Fsp3) is 1.00. The molecule has 1 heteroatoms. The summed E-state index contributed by atoms with van der Waals surface area (Å²) in [7, 11) is 0. The molecule has 0 aromatic rings. The van der Waals surface area contributed by atoms with Crippen molar-refractivity contribution in [3.05, 3.63) is 0 Å². The molecule has 0 atom stereocenters. The largest absolute Gasteiger partial charge is 0.309 e. The summed E-state index contributed by atoms with van der Waals surface area (Å²) in [5, 5.41) is 3.83. The smallest absolute Gasteiger partial charge is 0.0181 e.